The van der Waals surface area contributed by atoms with Crippen LogP contribution in [0.3, 0.4) is 0 Å². The van der Waals surface area contributed by atoms with Crippen molar-refractivity contribution >= 4 is 29.6 Å². The summed E-state index contributed by atoms with van der Waals surface area (Å²) in [7, 11) is 1.62. The van der Waals surface area contributed by atoms with Crippen LogP contribution in [0.5, 0.6) is 5.75 Å². The Bertz CT molecular complexity index is 1020. The van der Waals surface area contributed by atoms with Crippen LogP contribution < -0.4 is 14.8 Å². The highest BCUT2D eigenvalue weighted by Gasteiger charge is 2.36. The van der Waals surface area contributed by atoms with Crippen LogP contribution in [0.4, 0.5) is 23.7 Å². The molecule has 1 fully saturated rings. The first-order valence-corrected chi connectivity index (χ1v) is 10.2. The summed E-state index contributed by atoms with van der Waals surface area (Å²) in [6.45, 7) is 1.00. The lowest BCUT2D eigenvalue weighted by Crippen LogP contribution is -2.33. The molecule has 2 amide bonds. The third kappa shape index (κ3) is 4.17. The van der Waals surface area contributed by atoms with Gasteiger partial charge in [-0.2, -0.15) is 0 Å². The number of rotatable bonds is 2. The molecule has 8 nitrogen and oxygen atoms in total. The molecule has 166 valence electrons. The fraction of sp³-hybridized carbons (Fsp3) is 0.368. The minimum atomic E-state index is -1.61. The highest BCUT2D eigenvalue weighted by molar-refractivity contribution is 7.97. The molecule has 2 aromatic rings. The maximum absolute atomic E-state index is 13.5. The van der Waals surface area contributed by atoms with Crippen molar-refractivity contribution in [1.82, 2.24) is 14.2 Å². The normalized spacial score (nSPS) is 20.7. The largest absolute Gasteiger partial charge is 0.490 e. The smallest absolute Gasteiger partial charge is 0.407 e. The lowest BCUT2D eigenvalue weighted by molar-refractivity contribution is 0.101. The van der Waals surface area contributed by atoms with E-state index in [-0.39, 0.29) is 29.9 Å². The fourth-order valence-corrected chi connectivity index (χ4v) is 4.78. The number of aryl methyl sites for hydroxylation is 1. The zero-order valence-electron chi connectivity index (χ0n) is 16.3. The molecule has 1 aromatic heterocycles. The first-order valence-electron chi connectivity index (χ1n) is 9.43. The number of benzene rings is 1. The number of anilines is 1. The second kappa shape index (κ2) is 8.35. The molecule has 4 rings (SSSR count). The van der Waals surface area contributed by atoms with Crippen LogP contribution in [-0.2, 0) is 7.05 Å². The Hall–Kier alpha value is -2.86. The third-order valence-electron chi connectivity index (χ3n) is 5.33. The standard InChI is InChI=1S/C19H19F3N4O4S/c1-25-8-14-17(16(25)18(27)23-10-4-11(20)15(22)12(21)5-10)30-3-2-9-6-26(19(28)29)7-13(9)24-31-14/h4-5,8-9,13,24H,2-3,6-7H2,1H3,(H,23,27)(H,28,29). The number of amides is 2. The first-order chi connectivity index (χ1) is 14.7. The molecule has 1 saturated heterocycles. The van der Waals surface area contributed by atoms with Gasteiger partial charge in [-0.25, -0.2) is 18.0 Å². The van der Waals surface area contributed by atoms with Gasteiger partial charge in [-0.15, -0.1) is 0 Å². The number of carboxylic acid groups (broad SMARTS) is 1. The van der Waals surface area contributed by atoms with E-state index in [2.05, 4.69) is 10.0 Å². The highest BCUT2D eigenvalue weighted by atomic mass is 32.2. The van der Waals surface area contributed by atoms with E-state index in [0.29, 0.717) is 42.3 Å². The zero-order chi connectivity index (χ0) is 22.3. The number of fused-ring (bicyclic) bond motifs is 2. The summed E-state index contributed by atoms with van der Waals surface area (Å²) in [5.41, 5.74) is -0.0952. The van der Waals surface area contributed by atoms with Crippen molar-refractivity contribution in [3.63, 3.8) is 0 Å². The van der Waals surface area contributed by atoms with Crippen LogP contribution in [0, 0.1) is 23.4 Å². The summed E-state index contributed by atoms with van der Waals surface area (Å²) in [6, 6.07) is 1.32. The molecule has 12 heteroatoms. The third-order valence-corrected chi connectivity index (χ3v) is 6.26. The van der Waals surface area contributed by atoms with Gasteiger partial charge < -0.3 is 24.6 Å². The Morgan fingerprint density at radius 2 is 1.97 bits per heavy atom. The molecule has 2 unspecified atom stereocenters. The molecular formula is C19H19F3N4O4S. The molecule has 2 aliphatic heterocycles. The fourth-order valence-electron chi connectivity index (χ4n) is 3.77. The number of likely N-dealkylation sites (tertiary alicyclic amines) is 1. The maximum atomic E-state index is 13.5. The second-order valence-corrected chi connectivity index (χ2v) is 8.28. The monoisotopic (exact) mass is 456 g/mol. The molecule has 2 aliphatic rings. The number of halogens is 3. The number of nitrogens with one attached hydrogen (secondary N) is 2. The van der Waals surface area contributed by atoms with Crippen LogP contribution in [0.1, 0.15) is 16.9 Å². The molecule has 0 saturated carbocycles. The van der Waals surface area contributed by atoms with Gasteiger partial charge in [0.25, 0.3) is 5.91 Å². The average Bonchev–Trinajstić information content (AvgIpc) is 3.25. The predicted octanol–water partition coefficient (Wildman–Crippen LogP) is 3.05. The van der Waals surface area contributed by atoms with Gasteiger partial charge in [-0.3, -0.25) is 9.52 Å². The molecule has 0 radical (unpaired) electrons. The van der Waals surface area contributed by atoms with E-state index in [1.807, 2.05) is 0 Å². The summed E-state index contributed by atoms with van der Waals surface area (Å²) in [5, 5.41) is 11.6. The Balaban J connectivity index is 1.55. The van der Waals surface area contributed by atoms with Crippen molar-refractivity contribution in [3.05, 3.63) is 41.5 Å². The van der Waals surface area contributed by atoms with Gasteiger partial charge in [-0.05, 0) is 24.3 Å². The Morgan fingerprint density at radius 3 is 2.65 bits per heavy atom. The summed E-state index contributed by atoms with van der Waals surface area (Å²) >= 11 is 1.23. The number of nitrogens with zero attached hydrogens (tertiary/aromatic N) is 2. The number of carbonyl (C=O) groups is 2. The number of carbonyl (C=O) groups excluding carboxylic acids is 1. The van der Waals surface area contributed by atoms with Gasteiger partial charge in [0.1, 0.15) is 0 Å². The van der Waals surface area contributed by atoms with Crippen molar-refractivity contribution < 1.29 is 32.6 Å². The van der Waals surface area contributed by atoms with Gasteiger partial charge in [0, 0.05) is 50.2 Å². The quantitative estimate of drug-likeness (QED) is 0.475. The van der Waals surface area contributed by atoms with E-state index in [1.54, 1.807) is 13.2 Å². The average molecular weight is 456 g/mol. The number of aromatic nitrogens is 1. The van der Waals surface area contributed by atoms with Crippen molar-refractivity contribution in [2.45, 2.75) is 17.4 Å². The number of ether oxygens (including phenoxy) is 1. The minimum Gasteiger partial charge on any atom is -0.490 e. The van der Waals surface area contributed by atoms with Crippen molar-refractivity contribution in [1.29, 1.82) is 0 Å². The van der Waals surface area contributed by atoms with Gasteiger partial charge in [0.05, 0.1) is 11.5 Å². The van der Waals surface area contributed by atoms with Crippen molar-refractivity contribution in [2.75, 3.05) is 25.0 Å². The SMILES string of the molecule is Cn1cc2c(c1C(=O)Nc1cc(F)c(F)c(F)c1)OCCC1CN(C(=O)O)CC1NS2. The van der Waals surface area contributed by atoms with E-state index in [4.69, 9.17) is 4.74 Å². The van der Waals surface area contributed by atoms with E-state index >= 15 is 0 Å². The number of hydrogen-bond acceptors (Lipinski definition) is 5. The molecule has 3 N–H and O–H groups in total. The molecule has 0 bridgehead atoms. The predicted molar refractivity (Wildman–Crippen MR) is 106 cm³/mol. The van der Waals surface area contributed by atoms with E-state index < -0.39 is 29.5 Å². The van der Waals surface area contributed by atoms with E-state index in [0.717, 1.165) is 0 Å². The van der Waals surface area contributed by atoms with Crippen LogP contribution in [0.25, 0.3) is 0 Å². The van der Waals surface area contributed by atoms with E-state index in [1.165, 1.54) is 21.4 Å². The summed E-state index contributed by atoms with van der Waals surface area (Å²) in [6.07, 6.45) is 1.27. The molecule has 2 atom stereocenters. The minimum absolute atomic E-state index is 0.0591. The van der Waals surface area contributed by atoms with E-state index in [9.17, 15) is 27.9 Å². The highest BCUT2D eigenvalue weighted by Crippen LogP contribution is 2.37. The maximum Gasteiger partial charge on any atom is 0.407 e. The second-order valence-electron chi connectivity index (χ2n) is 7.40. The zero-order valence-corrected chi connectivity index (χ0v) is 17.1. The lowest BCUT2D eigenvalue weighted by atomic mass is 10.0. The van der Waals surface area contributed by atoms with Gasteiger partial charge in [0.2, 0.25) is 0 Å². The van der Waals surface area contributed by atoms with Crippen LogP contribution in [-0.4, -0.2) is 52.3 Å². The molecule has 1 aromatic carbocycles. The topological polar surface area (TPSA) is 95.8 Å². The first kappa shape index (κ1) is 21.4. The van der Waals surface area contributed by atoms with Crippen molar-refractivity contribution in [2.24, 2.45) is 13.0 Å². The van der Waals surface area contributed by atoms with Crippen LogP contribution >= 0.6 is 11.9 Å². The Labute approximate surface area is 179 Å². The summed E-state index contributed by atoms with van der Waals surface area (Å²) < 4.78 is 50.8. The molecule has 0 aliphatic carbocycles. The molecule has 31 heavy (non-hydrogen) atoms. The Morgan fingerprint density at radius 1 is 1.26 bits per heavy atom. The van der Waals surface area contributed by atoms with Gasteiger partial charge >= 0.3 is 6.09 Å². The van der Waals surface area contributed by atoms with Gasteiger partial charge in [-0.1, -0.05) is 0 Å². The Kier molecular flexibility index (Phi) is 5.75. The molecular weight excluding hydrogens is 437 g/mol. The van der Waals surface area contributed by atoms with Crippen LogP contribution in [0.15, 0.2) is 23.2 Å². The van der Waals surface area contributed by atoms with Crippen molar-refractivity contribution in [3.8, 4) is 5.75 Å². The lowest BCUT2D eigenvalue weighted by Gasteiger charge is -2.16. The number of hydrogen-bond donors (Lipinski definition) is 3. The van der Waals surface area contributed by atoms with Crippen LogP contribution in [0.2, 0.25) is 0 Å². The van der Waals surface area contributed by atoms with Gasteiger partial charge in [0.15, 0.2) is 28.9 Å². The molecule has 3 heterocycles. The summed E-state index contributed by atoms with van der Waals surface area (Å²) in [5.74, 6) is -4.75. The molecule has 0 spiro atoms. The summed E-state index contributed by atoms with van der Waals surface area (Å²) in [4.78, 5) is 26.0.